The summed E-state index contributed by atoms with van der Waals surface area (Å²) in [5.74, 6) is 0.0776. The molecule has 0 saturated carbocycles. The minimum atomic E-state index is -0.528. The first kappa shape index (κ1) is 25.8. The molecule has 0 amide bonds. The van der Waals surface area contributed by atoms with Gasteiger partial charge in [0.15, 0.2) is 0 Å². The van der Waals surface area contributed by atoms with Gasteiger partial charge >= 0.3 is 0 Å². The second kappa shape index (κ2) is 12.3. The van der Waals surface area contributed by atoms with Gasteiger partial charge in [-0.25, -0.2) is 0 Å². The molecule has 0 spiro atoms. The van der Waals surface area contributed by atoms with Crippen LogP contribution in [0.5, 0.6) is 0 Å². The molecule has 0 aromatic carbocycles. The van der Waals surface area contributed by atoms with E-state index in [1.54, 1.807) is 32.9 Å². The number of likely N-dealkylation sites (N-methyl/N-ethyl adjacent to an activating group) is 1. The van der Waals surface area contributed by atoms with Crippen molar-refractivity contribution in [1.29, 1.82) is 0 Å². The van der Waals surface area contributed by atoms with Crippen molar-refractivity contribution in [2.24, 2.45) is 0 Å². The quantitative estimate of drug-likeness (QED) is 0.562. The lowest BCUT2D eigenvalue weighted by atomic mass is 9.84. The summed E-state index contributed by atoms with van der Waals surface area (Å²) < 4.78 is 5.94. The summed E-state index contributed by atoms with van der Waals surface area (Å²) in [4.78, 5) is 27.0. The van der Waals surface area contributed by atoms with Gasteiger partial charge in [0.2, 0.25) is 11.6 Å². The minimum Gasteiger partial charge on any atom is -0.459 e. The van der Waals surface area contributed by atoms with Crippen LogP contribution in [0.4, 0.5) is 0 Å². The Balaban J connectivity index is 0.00000171. The maximum Gasteiger partial charge on any atom is 0.237 e. The topological polar surface area (TPSA) is 70.8 Å². The highest BCUT2D eigenvalue weighted by molar-refractivity contribution is 6.53. The van der Waals surface area contributed by atoms with Crippen LogP contribution in [-0.4, -0.2) is 41.8 Å². The number of hydrogen-bond acceptors (Lipinski definition) is 5. The molecule has 0 bridgehead atoms. The van der Waals surface area contributed by atoms with Gasteiger partial charge in [0.05, 0.1) is 18.7 Å². The zero-order valence-corrected chi connectivity index (χ0v) is 18.6. The Hall–Kier alpha value is -2.24. The molecule has 0 atom stereocenters. The van der Waals surface area contributed by atoms with Crippen molar-refractivity contribution in [3.8, 4) is 0 Å². The number of furan rings is 1. The molecule has 5 nitrogen and oxygen atoms in total. The van der Waals surface area contributed by atoms with Gasteiger partial charge in [0.25, 0.3) is 0 Å². The summed E-state index contributed by atoms with van der Waals surface area (Å²) in [6.45, 7) is 18.0. The molecule has 1 aliphatic rings. The number of ketones is 2. The molecule has 1 N–H and O–H groups in total. The van der Waals surface area contributed by atoms with Crippen molar-refractivity contribution in [2.75, 3.05) is 20.2 Å². The summed E-state index contributed by atoms with van der Waals surface area (Å²) in [6, 6.07) is 0. The molecular weight excluding hydrogens is 354 g/mol. The van der Waals surface area contributed by atoms with Crippen LogP contribution in [0.25, 0.3) is 5.57 Å². The van der Waals surface area contributed by atoms with Crippen LogP contribution in [0.1, 0.15) is 69.0 Å². The van der Waals surface area contributed by atoms with E-state index in [-0.39, 0.29) is 6.61 Å². The summed E-state index contributed by atoms with van der Waals surface area (Å²) in [5, 5.41) is 9.02. The molecule has 0 unspecified atom stereocenters. The average Bonchev–Trinajstić information content (AvgIpc) is 3.00. The van der Waals surface area contributed by atoms with Gasteiger partial charge in [-0.05, 0) is 33.4 Å². The molecule has 5 heteroatoms. The normalized spacial score (nSPS) is 13.6. The molecule has 156 valence electrons. The van der Waals surface area contributed by atoms with Gasteiger partial charge in [-0.3, -0.25) is 14.5 Å². The third kappa shape index (κ3) is 5.40. The summed E-state index contributed by atoms with van der Waals surface area (Å²) in [6.07, 6.45) is 3.30. The summed E-state index contributed by atoms with van der Waals surface area (Å²) in [7, 11) is 1.86. The largest absolute Gasteiger partial charge is 0.459 e. The van der Waals surface area contributed by atoms with Gasteiger partial charge in [-0.2, -0.15) is 0 Å². The van der Waals surface area contributed by atoms with Crippen LogP contribution in [0.2, 0.25) is 0 Å². The van der Waals surface area contributed by atoms with Crippen LogP contribution in [-0.2, 0) is 11.3 Å². The lowest BCUT2D eigenvalue weighted by molar-refractivity contribution is -0.111. The maximum atomic E-state index is 12.6. The highest BCUT2D eigenvalue weighted by atomic mass is 16.3. The number of Topliss-reactive ketones (excluding diaryl/α,β-unsaturated/α-hetero) is 2. The molecule has 1 heterocycles. The molecule has 0 fully saturated rings. The molecule has 1 aromatic heterocycles. The monoisotopic (exact) mass is 389 g/mol. The smallest absolute Gasteiger partial charge is 0.237 e. The second-order valence-electron chi connectivity index (χ2n) is 6.06. The van der Waals surface area contributed by atoms with E-state index in [0.717, 1.165) is 0 Å². The predicted molar refractivity (Wildman–Crippen MR) is 115 cm³/mol. The van der Waals surface area contributed by atoms with E-state index in [1.807, 2.05) is 39.6 Å². The zero-order valence-electron chi connectivity index (χ0n) is 18.6. The molecule has 2 rings (SSSR count). The van der Waals surface area contributed by atoms with Gasteiger partial charge in [0.1, 0.15) is 11.5 Å². The minimum absolute atomic E-state index is 0.0437. The van der Waals surface area contributed by atoms with Crippen LogP contribution in [0, 0.1) is 6.92 Å². The van der Waals surface area contributed by atoms with E-state index in [1.165, 1.54) is 0 Å². The van der Waals surface area contributed by atoms with Crippen molar-refractivity contribution in [3.05, 3.63) is 52.5 Å². The second-order valence-corrected chi connectivity index (χ2v) is 6.06. The maximum absolute atomic E-state index is 12.6. The Morgan fingerprint density at radius 1 is 1.14 bits per heavy atom. The van der Waals surface area contributed by atoms with E-state index >= 15 is 0 Å². The lowest BCUT2D eigenvalue weighted by Gasteiger charge is -2.16. The predicted octanol–water partition coefficient (Wildman–Crippen LogP) is 4.74. The van der Waals surface area contributed by atoms with Crippen molar-refractivity contribution < 1.29 is 19.1 Å². The Morgan fingerprint density at radius 3 is 2.21 bits per heavy atom. The summed E-state index contributed by atoms with van der Waals surface area (Å²) >= 11 is 0. The Bertz CT molecular complexity index is 766. The molecule has 0 saturated heterocycles. The van der Waals surface area contributed by atoms with E-state index in [0.29, 0.717) is 52.5 Å². The van der Waals surface area contributed by atoms with E-state index in [2.05, 4.69) is 6.58 Å². The fourth-order valence-electron chi connectivity index (χ4n) is 2.99. The van der Waals surface area contributed by atoms with E-state index in [9.17, 15) is 9.59 Å². The number of carbonyl (C=O) groups is 2. The number of allylic oxidation sites excluding steroid dienone is 5. The first-order valence-corrected chi connectivity index (χ1v) is 9.85. The van der Waals surface area contributed by atoms with Crippen molar-refractivity contribution in [2.45, 2.75) is 55.0 Å². The van der Waals surface area contributed by atoms with Crippen molar-refractivity contribution in [1.82, 2.24) is 4.90 Å². The fraction of sp³-hybridized carbons (Fsp3) is 0.478. The summed E-state index contributed by atoms with van der Waals surface area (Å²) in [5.41, 5.74) is 2.80. The van der Waals surface area contributed by atoms with Crippen LogP contribution in [0.15, 0.2) is 34.3 Å². The highest BCUT2D eigenvalue weighted by Crippen LogP contribution is 2.37. The Kier molecular flexibility index (Phi) is 11.3. The van der Waals surface area contributed by atoms with Gasteiger partial charge < -0.3 is 9.52 Å². The van der Waals surface area contributed by atoms with Gasteiger partial charge in [-0.1, -0.05) is 46.4 Å². The van der Waals surface area contributed by atoms with Crippen LogP contribution >= 0.6 is 0 Å². The number of hydrogen-bond donors (Lipinski definition) is 1. The third-order valence-corrected chi connectivity index (χ3v) is 4.28. The van der Waals surface area contributed by atoms with Gasteiger partial charge in [0, 0.05) is 23.3 Å². The molecule has 1 aliphatic carbocycles. The Labute approximate surface area is 169 Å². The fourth-order valence-corrected chi connectivity index (χ4v) is 2.99. The van der Waals surface area contributed by atoms with Crippen LogP contribution in [0.3, 0.4) is 0 Å². The molecule has 0 aliphatic heterocycles. The molecule has 0 radical (unpaired) electrons. The van der Waals surface area contributed by atoms with Crippen LogP contribution < -0.4 is 0 Å². The number of fused-ring (bicyclic) bond motifs is 1. The average molecular weight is 390 g/mol. The molecule has 28 heavy (non-hydrogen) atoms. The number of carbonyl (C=O) groups excluding carboxylic acids is 2. The first-order valence-electron chi connectivity index (χ1n) is 9.85. The number of nitrogens with zero attached hydrogens (tertiary/aromatic N) is 1. The molecular formula is C23H35NO4. The number of aliphatic hydroxyl groups excluding tert-OH is 1. The Morgan fingerprint density at radius 2 is 1.71 bits per heavy atom. The first-order chi connectivity index (χ1) is 13.3. The standard InChI is InChI=1S/C19H23NO4.2C2H6/c1-6-7-11(2)15-13(4)19-16(18(23)17(15)22)12(3)14(24-19)10-20(5)8-9-21;2*1-2/h6-7,21H,1,8-10H2,2-5H3;2*1-2H3/b11-7+;;. The lowest BCUT2D eigenvalue weighted by Crippen LogP contribution is -2.24. The van der Waals surface area contributed by atoms with E-state index in [4.69, 9.17) is 9.52 Å². The third-order valence-electron chi connectivity index (χ3n) is 4.28. The number of rotatable bonds is 6. The SMILES string of the molecule is C=C/C=C(\C)C1=C(C)c2oc(CN(C)CCO)c(C)c2C(=O)C1=O.CC.CC. The zero-order chi connectivity index (χ0) is 22.0. The number of aliphatic hydroxyl groups is 1. The highest BCUT2D eigenvalue weighted by Gasteiger charge is 2.36. The van der Waals surface area contributed by atoms with E-state index < -0.39 is 11.6 Å². The van der Waals surface area contributed by atoms with Crippen molar-refractivity contribution in [3.63, 3.8) is 0 Å². The van der Waals surface area contributed by atoms with Gasteiger partial charge in [-0.15, -0.1) is 0 Å². The molecule has 1 aromatic rings. The van der Waals surface area contributed by atoms with Crippen molar-refractivity contribution >= 4 is 17.1 Å².